The number of para-hydroxylation sites is 1. The lowest BCUT2D eigenvalue weighted by Crippen LogP contribution is -2.39. The minimum absolute atomic E-state index is 0.469. The molecule has 1 aromatic rings. The molecule has 0 saturated heterocycles. The predicted octanol–water partition coefficient (Wildman–Crippen LogP) is 9.78. The zero-order valence-corrected chi connectivity index (χ0v) is 22.5. The summed E-state index contributed by atoms with van der Waals surface area (Å²) in [5.74, 6) is 1.47. The van der Waals surface area contributed by atoms with Crippen LogP contribution in [0.15, 0.2) is 24.3 Å². The Morgan fingerprint density at radius 2 is 1.13 bits per heavy atom. The van der Waals surface area contributed by atoms with Gasteiger partial charge in [-0.05, 0) is 37.1 Å². The summed E-state index contributed by atoms with van der Waals surface area (Å²) in [6.07, 6.45) is 20.9. The molecule has 31 heavy (non-hydrogen) atoms. The van der Waals surface area contributed by atoms with Crippen molar-refractivity contribution < 1.29 is 8.85 Å². The van der Waals surface area contributed by atoms with Crippen molar-refractivity contribution in [3.8, 4) is 5.75 Å². The van der Waals surface area contributed by atoms with Crippen LogP contribution in [0.1, 0.15) is 129 Å². The lowest BCUT2D eigenvalue weighted by atomic mass is 10.0. The summed E-state index contributed by atoms with van der Waals surface area (Å²) in [5, 5.41) is 0. The number of benzene rings is 1. The third-order valence-electron chi connectivity index (χ3n) is 6.09. The SMILES string of the molecule is CCCCCCCCCCCCCCCCCO[Si](C)(C)Oc1ccccc1C(C)C. The van der Waals surface area contributed by atoms with E-state index in [9.17, 15) is 0 Å². The highest BCUT2D eigenvalue weighted by atomic mass is 28.4. The molecular formula is C28H52O2Si. The fourth-order valence-corrected chi connectivity index (χ4v) is 5.55. The maximum Gasteiger partial charge on any atom is 0.392 e. The van der Waals surface area contributed by atoms with E-state index in [0.29, 0.717) is 5.92 Å². The van der Waals surface area contributed by atoms with Gasteiger partial charge < -0.3 is 8.85 Å². The second-order valence-electron chi connectivity index (χ2n) is 9.99. The summed E-state index contributed by atoms with van der Waals surface area (Å²) in [5.41, 5.74) is 1.28. The Balaban J connectivity index is 1.97. The van der Waals surface area contributed by atoms with E-state index >= 15 is 0 Å². The monoisotopic (exact) mass is 448 g/mol. The van der Waals surface area contributed by atoms with Crippen LogP contribution in [-0.4, -0.2) is 15.2 Å². The zero-order chi connectivity index (χ0) is 22.8. The topological polar surface area (TPSA) is 18.5 Å². The maximum absolute atomic E-state index is 6.34. The molecule has 0 unspecified atom stereocenters. The number of rotatable bonds is 20. The largest absolute Gasteiger partial charge is 0.520 e. The smallest absolute Gasteiger partial charge is 0.392 e. The number of hydrogen-bond acceptors (Lipinski definition) is 2. The predicted molar refractivity (Wildman–Crippen MR) is 140 cm³/mol. The average molecular weight is 449 g/mol. The standard InChI is InChI=1S/C28H52O2Si/c1-6-7-8-9-10-11-12-13-14-15-16-17-18-19-22-25-29-31(4,5)30-28-24-21-20-23-27(28)26(2)3/h20-21,23-24,26H,6-19,22,25H2,1-5H3. The lowest BCUT2D eigenvalue weighted by molar-refractivity contribution is 0.240. The summed E-state index contributed by atoms with van der Waals surface area (Å²) in [7, 11) is -2.13. The van der Waals surface area contributed by atoms with Crippen molar-refractivity contribution in [2.45, 2.75) is 136 Å². The fraction of sp³-hybridized carbons (Fsp3) is 0.786. The van der Waals surface area contributed by atoms with Crippen molar-refractivity contribution in [2.24, 2.45) is 0 Å². The van der Waals surface area contributed by atoms with E-state index in [1.807, 2.05) is 0 Å². The molecule has 0 fully saturated rings. The van der Waals surface area contributed by atoms with Gasteiger partial charge in [0.2, 0.25) is 0 Å². The Bertz CT molecular complexity index is 542. The quantitative estimate of drug-likeness (QED) is 0.146. The summed E-state index contributed by atoms with van der Waals surface area (Å²) in [6.45, 7) is 11.9. The van der Waals surface area contributed by atoms with E-state index in [4.69, 9.17) is 8.85 Å². The first-order chi connectivity index (χ1) is 15.0. The first-order valence-corrected chi connectivity index (χ1v) is 16.2. The molecular weight excluding hydrogens is 396 g/mol. The van der Waals surface area contributed by atoms with Gasteiger partial charge in [-0.3, -0.25) is 0 Å². The van der Waals surface area contributed by atoms with Crippen molar-refractivity contribution in [1.29, 1.82) is 0 Å². The van der Waals surface area contributed by atoms with Crippen LogP contribution in [0.2, 0.25) is 13.1 Å². The number of unbranched alkanes of at least 4 members (excludes halogenated alkanes) is 14. The molecule has 0 aromatic heterocycles. The van der Waals surface area contributed by atoms with Crippen LogP contribution in [0.4, 0.5) is 0 Å². The van der Waals surface area contributed by atoms with E-state index in [1.54, 1.807) is 0 Å². The van der Waals surface area contributed by atoms with Crippen molar-refractivity contribution in [3.05, 3.63) is 29.8 Å². The normalized spacial score (nSPS) is 11.9. The summed E-state index contributed by atoms with van der Waals surface area (Å²) < 4.78 is 12.5. The zero-order valence-electron chi connectivity index (χ0n) is 21.5. The number of hydrogen-bond donors (Lipinski definition) is 0. The van der Waals surface area contributed by atoms with Gasteiger partial charge in [0, 0.05) is 6.61 Å². The summed E-state index contributed by atoms with van der Waals surface area (Å²) in [6, 6.07) is 8.40. The van der Waals surface area contributed by atoms with E-state index in [0.717, 1.165) is 18.8 Å². The van der Waals surface area contributed by atoms with Crippen LogP contribution in [0, 0.1) is 0 Å². The molecule has 1 rings (SSSR count). The van der Waals surface area contributed by atoms with Crippen LogP contribution in [-0.2, 0) is 4.43 Å². The fourth-order valence-electron chi connectivity index (χ4n) is 4.14. The summed E-state index contributed by atoms with van der Waals surface area (Å²) in [4.78, 5) is 0. The van der Waals surface area contributed by atoms with Crippen molar-refractivity contribution in [3.63, 3.8) is 0 Å². The molecule has 0 radical (unpaired) electrons. The molecule has 0 spiro atoms. The van der Waals surface area contributed by atoms with Crippen molar-refractivity contribution >= 4 is 8.56 Å². The molecule has 0 atom stereocenters. The van der Waals surface area contributed by atoms with E-state index in [-0.39, 0.29) is 0 Å². The Labute approximate surface area is 195 Å². The second-order valence-corrected chi connectivity index (χ2v) is 13.3. The molecule has 1 aromatic carbocycles. The first-order valence-electron chi connectivity index (χ1n) is 13.4. The minimum Gasteiger partial charge on any atom is -0.520 e. The highest BCUT2D eigenvalue weighted by Gasteiger charge is 2.27. The molecule has 0 bridgehead atoms. The van der Waals surface area contributed by atoms with Gasteiger partial charge in [-0.2, -0.15) is 0 Å². The molecule has 3 heteroatoms. The van der Waals surface area contributed by atoms with Crippen LogP contribution in [0.3, 0.4) is 0 Å². The molecule has 0 aliphatic heterocycles. The van der Waals surface area contributed by atoms with E-state index < -0.39 is 8.56 Å². The van der Waals surface area contributed by atoms with Gasteiger partial charge in [-0.1, -0.05) is 129 Å². The molecule has 0 aliphatic rings. The third kappa shape index (κ3) is 14.8. The molecule has 0 saturated carbocycles. The highest BCUT2D eigenvalue weighted by Crippen LogP contribution is 2.28. The Kier molecular flexibility index (Phi) is 16.1. The molecule has 0 amide bonds. The van der Waals surface area contributed by atoms with Gasteiger partial charge >= 0.3 is 8.56 Å². The van der Waals surface area contributed by atoms with Crippen molar-refractivity contribution in [2.75, 3.05) is 6.61 Å². The summed E-state index contributed by atoms with van der Waals surface area (Å²) >= 11 is 0. The maximum atomic E-state index is 6.34. The van der Waals surface area contributed by atoms with Gasteiger partial charge in [-0.25, -0.2) is 0 Å². The van der Waals surface area contributed by atoms with Crippen LogP contribution < -0.4 is 4.43 Å². The van der Waals surface area contributed by atoms with Crippen molar-refractivity contribution in [1.82, 2.24) is 0 Å². The van der Waals surface area contributed by atoms with Crippen LogP contribution >= 0.6 is 0 Å². The van der Waals surface area contributed by atoms with Gasteiger partial charge in [-0.15, -0.1) is 0 Å². The molecule has 180 valence electrons. The lowest BCUT2D eigenvalue weighted by Gasteiger charge is -2.26. The minimum atomic E-state index is -2.13. The third-order valence-corrected chi connectivity index (χ3v) is 7.71. The van der Waals surface area contributed by atoms with E-state index in [2.05, 4.69) is 58.1 Å². The van der Waals surface area contributed by atoms with Crippen LogP contribution in [0.25, 0.3) is 0 Å². The average Bonchev–Trinajstić information content (AvgIpc) is 2.73. The highest BCUT2D eigenvalue weighted by molar-refractivity contribution is 6.65. The van der Waals surface area contributed by atoms with Gasteiger partial charge in [0.05, 0.1) is 0 Å². The molecule has 0 aliphatic carbocycles. The van der Waals surface area contributed by atoms with Gasteiger partial charge in [0.15, 0.2) is 0 Å². The van der Waals surface area contributed by atoms with Gasteiger partial charge in [0.25, 0.3) is 0 Å². The molecule has 0 heterocycles. The molecule has 0 N–H and O–H groups in total. The second kappa shape index (κ2) is 17.7. The van der Waals surface area contributed by atoms with E-state index in [1.165, 1.54) is 95.5 Å². The van der Waals surface area contributed by atoms with Crippen LogP contribution in [0.5, 0.6) is 5.75 Å². The Morgan fingerprint density at radius 3 is 1.61 bits per heavy atom. The molecule has 2 nitrogen and oxygen atoms in total. The first kappa shape index (κ1) is 28.2. The van der Waals surface area contributed by atoms with Gasteiger partial charge in [0.1, 0.15) is 5.75 Å². The Hall–Kier alpha value is -0.803. The Morgan fingerprint density at radius 1 is 0.677 bits per heavy atom.